The number of rotatable bonds is 7. The van der Waals surface area contributed by atoms with Gasteiger partial charge in [0.15, 0.2) is 11.5 Å². The monoisotopic (exact) mass is 326 g/mol. The standard InChI is InChI=1S/C19H28F2O2/c1-4-7-14-8-6-9-15(11-14)12-23-19-13(3)10-16(22-5-2)17(20)18(19)21/h10,14-15H,4-9,11-12H2,1-3H3. The predicted molar refractivity (Wildman–Crippen MR) is 88.1 cm³/mol. The molecule has 1 saturated carbocycles. The van der Waals surface area contributed by atoms with Crippen molar-refractivity contribution in [3.63, 3.8) is 0 Å². The van der Waals surface area contributed by atoms with Crippen LogP contribution in [0.25, 0.3) is 0 Å². The van der Waals surface area contributed by atoms with E-state index in [-0.39, 0.29) is 11.5 Å². The van der Waals surface area contributed by atoms with Crippen molar-refractivity contribution in [2.75, 3.05) is 13.2 Å². The van der Waals surface area contributed by atoms with Crippen LogP contribution in [0, 0.1) is 30.4 Å². The predicted octanol–water partition coefficient (Wildman–Crippen LogP) is 5.66. The normalized spacial score (nSPS) is 21.3. The van der Waals surface area contributed by atoms with E-state index in [0.29, 0.717) is 24.7 Å². The molecule has 0 saturated heterocycles. The zero-order valence-corrected chi connectivity index (χ0v) is 14.5. The number of hydrogen-bond acceptors (Lipinski definition) is 2. The zero-order valence-electron chi connectivity index (χ0n) is 14.5. The van der Waals surface area contributed by atoms with Gasteiger partial charge in [-0.1, -0.05) is 32.6 Å². The van der Waals surface area contributed by atoms with Gasteiger partial charge in [-0.15, -0.1) is 0 Å². The summed E-state index contributed by atoms with van der Waals surface area (Å²) in [6.07, 6.45) is 7.19. The molecule has 0 bridgehead atoms. The largest absolute Gasteiger partial charge is 0.491 e. The zero-order chi connectivity index (χ0) is 16.8. The molecule has 0 N–H and O–H groups in total. The third-order valence-corrected chi connectivity index (χ3v) is 4.67. The Labute approximate surface area is 138 Å². The first-order valence-corrected chi connectivity index (χ1v) is 8.80. The van der Waals surface area contributed by atoms with Gasteiger partial charge in [0.25, 0.3) is 0 Å². The van der Waals surface area contributed by atoms with Crippen molar-refractivity contribution in [3.05, 3.63) is 23.3 Å². The summed E-state index contributed by atoms with van der Waals surface area (Å²) >= 11 is 0. The van der Waals surface area contributed by atoms with E-state index in [2.05, 4.69) is 6.92 Å². The Kier molecular flexibility index (Phi) is 6.67. The van der Waals surface area contributed by atoms with Crippen LogP contribution in [-0.4, -0.2) is 13.2 Å². The van der Waals surface area contributed by atoms with Crippen molar-refractivity contribution in [2.45, 2.75) is 59.3 Å². The number of aryl methyl sites for hydroxylation is 1. The first kappa shape index (κ1) is 18.0. The first-order valence-electron chi connectivity index (χ1n) is 8.80. The lowest BCUT2D eigenvalue weighted by molar-refractivity contribution is 0.165. The van der Waals surface area contributed by atoms with Gasteiger partial charge in [0, 0.05) is 0 Å². The Morgan fingerprint density at radius 1 is 1.09 bits per heavy atom. The molecule has 0 amide bonds. The minimum atomic E-state index is -0.958. The van der Waals surface area contributed by atoms with Gasteiger partial charge < -0.3 is 9.47 Å². The summed E-state index contributed by atoms with van der Waals surface area (Å²) in [5.41, 5.74) is 0.577. The van der Waals surface area contributed by atoms with Crippen LogP contribution in [0.3, 0.4) is 0 Å². The van der Waals surface area contributed by atoms with Crippen LogP contribution in [0.1, 0.15) is 57.9 Å². The third kappa shape index (κ3) is 4.58. The van der Waals surface area contributed by atoms with E-state index in [1.54, 1.807) is 13.8 Å². The average Bonchev–Trinajstić information content (AvgIpc) is 2.53. The minimum Gasteiger partial charge on any atom is -0.491 e. The van der Waals surface area contributed by atoms with Crippen molar-refractivity contribution >= 4 is 0 Å². The van der Waals surface area contributed by atoms with Gasteiger partial charge in [-0.3, -0.25) is 0 Å². The number of halogens is 2. The van der Waals surface area contributed by atoms with Crippen molar-refractivity contribution in [3.8, 4) is 11.5 Å². The summed E-state index contributed by atoms with van der Waals surface area (Å²) in [7, 11) is 0. The quantitative estimate of drug-likeness (QED) is 0.644. The molecule has 1 aromatic carbocycles. The Morgan fingerprint density at radius 2 is 1.83 bits per heavy atom. The maximum atomic E-state index is 14.2. The lowest BCUT2D eigenvalue weighted by Gasteiger charge is -2.29. The molecule has 2 nitrogen and oxygen atoms in total. The van der Waals surface area contributed by atoms with E-state index in [1.165, 1.54) is 31.7 Å². The molecule has 2 atom stereocenters. The van der Waals surface area contributed by atoms with E-state index >= 15 is 0 Å². The molecule has 1 aliphatic rings. The fourth-order valence-electron chi connectivity index (χ4n) is 3.57. The number of benzene rings is 1. The maximum Gasteiger partial charge on any atom is 0.204 e. The minimum absolute atomic E-state index is 0.0311. The van der Waals surface area contributed by atoms with Crippen molar-refractivity contribution < 1.29 is 18.3 Å². The lowest BCUT2D eigenvalue weighted by atomic mass is 9.80. The first-order chi connectivity index (χ1) is 11.1. The van der Waals surface area contributed by atoms with Gasteiger partial charge in [-0.25, -0.2) is 0 Å². The molecule has 130 valence electrons. The Morgan fingerprint density at radius 3 is 2.52 bits per heavy atom. The highest BCUT2D eigenvalue weighted by Gasteiger charge is 2.24. The Balaban J connectivity index is 2.01. The van der Waals surface area contributed by atoms with Crippen LogP contribution in [0.2, 0.25) is 0 Å². The topological polar surface area (TPSA) is 18.5 Å². The summed E-state index contributed by atoms with van der Waals surface area (Å²) in [4.78, 5) is 0. The van der Waals surface area contributed by atoms with Gasteiger partial charge in [0.2, 0.25) is 11.6 Å². The second-order valence-corrected chi connectivity index (χ2v) is 6.58. The van der Waals surface area contributed by atoms with E-state index in [0.717, 1.165) is 18.8 Å². The van der Waals surface area contributed by atoms with E-state index in [4.69, 9.17) is 9.47 Å². The summed E-state index contributed by atoms with van der Waals surface area (Å²) < 4.78 is 39.0. The molecule has 4 heteroatoms. The van der Waals surface area contributed by atoms with Crippen LogP contribution in [0.15, 0.2) is 6.07 Å². The second-order valence-electron chi connectivity index (χ2n) is 6.58. The smallest absolute Gasteiger partial charge is 0.204 e. The molecule has 1 aliphatic carbocycles. The van der Waals surface area contributed by atoms with Gasteiger partial charge in [0.05, 0.1) is 13.2 Å². The summed E-state index contributed by atoms with van der Waals surface area (Å²) in [5, 5.41) is 0. The highest BCUT2D eigenvalue weighted by atomic mass is 19.2. The molecule has 1 aromatic rings. The lowest BCUT2D eigenvalue weighted by Crippen LogP contribution is -2.21. The molecule has 0 heterocycles. The van der Waals surface area contributed by atoms with Crippen molar-refractivity contribution in [2.24, 2.45) is 11.8 Å². The molecular formula is C19H28F2O2. The van der Waals surface area contributed by atoms with Gasteiger partial charge in [0.1, 0.15) is 0 Å². The Hall–Kier alpha value is -1.32. The molecule has 23 heavy (non-hydrogen) atoms. The van der Waals surface area contributed by atoms with Crippen LogP contribution < -0.4 is 9.47 Å². The summed E-state index contributed by atoms with van der Waals surface area (Å²) in [5.74, 6) is -0.715. The molecule has 2 rings (SSSR count). The Bertz CT molecular complexity index is 515. The van der Waals surface area contributed by atoms with Crippen molar-refractivity contribution in [1.29, 1.82) is 0 Å². The molecular weight excluding hydrogens is 298 g/mol. The molecule has 2 unspecified atom stereocenters. The van der Waals surface area contributed by atoms with E-state index in [9.17, 15) is 8.78 Å². The van der Waals surface area contributed by atoms with Gasteiger partial charge in [-0.05, 0) is 50.2 Å². The maximum absolute atomic E-state index is 14.2. The van der Waals surface area contributed by atoms with Crippen LogP contribution in [0.4, 0.5) is 8.78 Å². The molecule has 0 aliphatic heterocycles. The fraction of sp³-hybridized carbons (Fsp3) is 0.684. The number of hydrogen-bond donors (Lipinski definition) is 0. The summed E-state index contributed by atoms with van der Waals surface area (Å²) in [6, 6.07) is 1.51. The average molecular weight is 326 g/mol. The highest BCUT2D eigenvalue weighted by Crippen LogP contribution is 2.35. The van der Waals surface area contributed by atoms with E-state index in [1.807, 2.05) is 0 Å². The van der Waals surface area contributed by atoms with Gasteiger partial charge in [-0.2, -0.15) is 8.78 Å². The van der Waals surface area contributed by atoms with Crippen LogP contribution in [0.5, 0.6) is 11.5 Å². The fourth-order valence-corrected chi connectivity index (χ4v) is 3.57. The summed E-state index contributed by atoms with van der Waals surface area (Å²) in [6.45, 7) is 6.44. The van der Waals surface area contributed by atoms with Gasteiger partial charge >= 0.3 is 0 Å². The van der Waals surface area contributed by atoms with Crippen molar-refractivity contribution in [1.82, 2.24) is 0 Å². The number of ether oxygens (including phenoxy) is 2. The molecule has 0 spiro atoms. The second kappa shape index (κ2) is 8.51. The van der Waals surface area contributed by atoms with Crippen LogP contribution >= 0.6 is 0 Å². The molecule has 0 radical (unpaired) electrons. The van der Waals surface area contributed by atoms with Crippen LogP contribution in [-0.2, 0) is 0 Å². The highest BCUT2D eigenvalue weighted by molar-refractivity contribution is 5.42. The SMILES string of the molecule is CCCC1CCCC(COc2c(C)cc(OCC)c(F)c2F)C1. The molecule has 0 aromatic heterocycles. The third-order valence-electron chi connectivity index (χ3n) is 4.67. The van der Waals surface area contributed by atoms with E-state index < -0.39 is 11.6 Å². The molecule has 1 fully saturated rings.